The summed E-state index contributed by atoms with van der Waals surface area (Å²) in [7, 11) is 0.700. The Hall–Kier alpha value is -1.88. The van der Waals surface area contributed by atoms with Crippen molar-refractivity contribution in [2.24, 2.45) is 7.05 Å². The minimum Gasteiger partial charge on any atom is -0.345 e. The van der Waals surface area contributed by atoms with E-state index in [2.05, 4.69) is 26.8 Å². The van der Waals surface area contributed by atoms with Crippen molar-refractivity contribution in [3.05, 3.63) is 51.2 Å². The number of carbonyl (C=O) groups is 2. The molecule has 8 nitrogen and oxygen atoms in total. The van der Waals surface area contributed by atoms with Crippen molar-refractivity contribution >= 4 is 49.4 Å². The second-order valence-electron chi connectivity index (χ2n) is 5.49. The SMILES string of the molecule is CN(C)S(=O)(=O)c1ccc(Cl)c(C(=O)NNC(=O)c2cc(Br)cn2C)c1. The van der Waals surface area contributed by atoms with Crippen molar-refractivity contribution in [3.8, 4) is 0 Å². The van der Waals surface area contributed by atoms with Gasteiger partial charge in [0.15, 0.2) is 0 Å². The average Bonchev–Trinajstić information content (AvgIpc) is 2.90. The predicted octanol–water partition coefficient (Wildman–Crippen LogP) is 1.77. The van der Waals surface area contributed by atoms with Crippen molar-refractivity contribution in [2.75, 3.05) is 14.1 Å². The van der Waals surface area contributed by atoms with Gasteiger partial charge < -0.3 is 4.57 Å². The van der Waals surface area contributed by atoms with Crippen molar-refractivity contribution in [3.63, 3.8) is 0 Å². The number of hydrogen-bond acceptors (Lipinski definition) is 4. The molecule has 0 aliphatic heterocycles. The van der Waals surface area contributed by atoms with Gasteiger partial charge in [-0.05, 0) is 40.2 Å². The fourth-order valence-corrected chi connectivity index (χ4v) is 3.70. The zero-order chi connectivity index (χ0) is 19.6. The maximum Gasteiger partial charge on any atom is 0.286 e. The predicted molar refractivity (Wildman–Crippen MR) is 100 cm³/mol. The molecule has 2 rings (SSSR count). The summed E-state index contributed by atoms with van der Waals surface area (Å²) >= 11 is 9.24. The van der Waals surface area contributed by atoms with Gasteiger partial charge in [-0.3, -0.25) is 20.4 Å². The second kappa shape index (κ2) is 7.78. The van der Waals surface area contributed by atoms with Gasteiger partial charge in [-0.15, -0.1) is 0 Å². The van der Waals surface area contributed by atoms with Crippen molar-refractivity contribution < 1.29 is 18.0 Å². The van der Waals surface area contributed by atoms with E-state index >= 15 is 0 Å². The normalized spacial score (nSPS) is 11.5. The number of aromatic nitrogens is 1. The highest BCUT2D eigenvalue weighted by Crippen LogP contribution is 2.22. The van der Waals surface area contributed by atoms with Gasteiger partial charge in [0.05, 0.1) is 15.5 Å². The molecule has 0 radical (unpaired) electrons. The van der Waals surface area contributed by atoms with Crippen molar-refractivity contribution in [1.29, 1.82) is 0 Å². The molecule has 0 spiro atoms. The summed E-state index contributed by atoms with van der Waals surface area (Å²) in [5, 5.41) is 0.0519. The summed E-state index contributed by atoms with van der Waals surface area (Å²) in [5.74, 6) is -1.29. The molecule has 0 saturated heterocycles. The van der Waals surface area contributed by atoms with Crippen LogP contribution in [0.3, 0.4) is 0 Å². The van der Waals surface area contributed by atoms with Crippen LogP contribution in [-0.2, 0) is 17.1 Å². The van der Waals surface area contributed by atoms with E-state index in [-0.39, 0.29) is 15.5 Å². The molecule has 0 atom stereocenters. The molecule has 2 amide bonds. The fraction of sp³-hybridized carbons (Fsp3) is 0.200. The summed E-state index contributed by atoms with van der Waals surface area (Å²) in [4.78, 5) is 24.3. The highest BCUT2D eigenvalue weighted by Gasteiger charge is 2.21. The number of amides is 2. The maximum atomic E-state index is 12.3. The third kappa shape index (κ3) is 4.26. The summed E-state index contributed by atoms with van der Waals surface area (Å²) in [6.45, 7) is 0. The summed E-state index contributed by atoms with van der Waals surface area (Å²) in [5.41, 5.74) is 4.71. The van der Waals surface area contributed by atoms with Gasteiger partial charge in [-0.1, -0.05) is 11.6 Å². The molecule has 26 heavy (non-hydrogen) atoms. The molecular formula is C15H16BrClN4O4S. The van der Waals surface area contributed by atoms with E-state index in [1.54, 1.807) is 23.9 Å². The first kappa shape index (κ1) is 20.4. The molecule has 0 aliphatic rings. The first-order valence-electron chi connectivity index (χ1n) is 7.18. The number of nitrogens with one attached hydrogen (secondary N) is 2. The zero-order valence-corrected chi connectivity index (χ0v) is 17.2. The van der Waals surface area contributed by atoms with E-state index in [4.69, 9.17) is 11.6 Å². The van der Waals surface area contributed by atoms with Crippen LogP contribution in [0.1, 0.15) is 20.8 Å². The number of aryl methyl sites for hydroxylation is 1. The molecular weight excluding hydrogens is 448 g/mol. The van der Waals surface area contributed by atoms with E-state index in [0.29, 0.717) is 10.2 Å². The smallest absolute Gasteiger partial charge is 0.286 e. The molecule has 1 aromatic carbocycles. The molecule has 1 aromatic heterocycles. The number of benzene rings is 1. The van der Waals surface area contributed by atoms with Crippen molar-refractivity contribution in [2.45, 2.75) is 4.90 Å². The Balaban J connectivity index is 2.19. The Morgan fingerprint density at radius 1 is 1.15 bits per heavy atom. The number of halogens is 2. The molecule has 11 heteroatoms. The van der Waals surface area contributed by atoms with Crippen LogP contribution in [0.5, 0.6) is 0 Å². The summed E-state index contributed by atoms with van der Waals surface area (Å²) in [6.07, 6.45) is 1.68. The summed E-state index contributed by atoms with van der Waals surface area (Å²) in [6, 6.07) is 5.34. The van der Waals surface area contributed by atoms with Crippen molar-refractivity contribution in [1.82, 2.24) is 19.7 Å². The van der Waals surface area contributed by atoms with Crippen LogP contribution in [0.15, 0.2) is 39.8 Å². The third-order valence-electron chi connectivity index (χ3n) is 3.45. The Bertz CT molecular complexity index is 972. The Labute approximate surface area is 164 Å². The van der Waals surface area contributed by atoms with Crippen LogP contribution in [0, 0.1) is 0 Å². The van der Waals surface area contributed by atoms with Gasteiger partial charge in [0.25, 0.3) is 11.8 Å². The lowest BCUT2D eigenvalue weighted by atomic mass is 10.2. The number of hydrogen-bond donors (Lipinski definition) is 2. The molecule has 0 unspecified atom stereocenters. The second-order valence-corrected chi connectivity index (χ2v) is 8.97. The number of rotatable bonds is 4. The molecule has 1 heterocycles. The van der Waals surface area contributed by atoms with Gasteiger partial charge in [-0.25, -0.2) is 12.7 Å². The quantitative estimate of drug-likeness (QED) is 0.675. The Morgan fingerprint density at radius 3 is 2.31 bits per heavy atom. The van der Waals surface area contributed by atoms with Crippen LogP contribution < -0.4 is 10.9 Å². The number of hydrazine groups is 1. The molecule has 2 N–H and O–H groups in total. The zero-order valence-electron chi connectivity index (χ0n) is 14.1. The average molecular weight is 464 g/mol. The van der Waals surface area contributed by atoms with E-state index in [1.807, 2.05) is 0 Å². The largest absolute Gasteiger partial charge is 0.345 e. The first-order chi connectivity index (χ1) is 12.0. The monoisotopic (exact) mass is 462 g/mol. The van der Waals surface area contributed by atoms with E-state index in [1.165, 1.54) is 26.2 Å². The maximum absolute atomic E-state index is 12.3. The van der Waals surface area contributed by atoms with Gasteiger partial charge in [0.1, 0.15) is 5.69 Å². The topological polar surface area (TPSA) is 101 Å². The van der Waals surface area contributed by atoms with E-state index in [9.17, 15) is 18.0 Å². The van der Waals surface area contributed by atoms with Gasteiger partial charge in [0.2, 0.25) is 10.0 Å². The highest BCUT2D eigenvalue weighted by atomic mass is 79.9. The van der Waals surface area contributed by atoms with Gasteiger partial charge >= 0.3 is 0 Å². The number of nitrogens with zero attached hydrogens (tertiary/aromatic N) is 2. The van der Waals surface area contributed by atoms with Crippen LogP contribution in [-0.4, -0.2) is 43.2 Å². The van der Waals surface area contributed by atoms with Crippen LogP contribution in [0.2, 0.25) is 5.02 Å². The number of sulfonamides is 1. The number of carbonyl (C=O) groups excluding carboxylic acids is 2. The molecule has 0 aliphatic carbocycles. The van der Waals surface area contributed by atoms with Gasteiger partial charge in [-0.2, -0.15) is 0 Å². The third-order valence-corrected chi connectivity index (χ3v) is 6.03. The lowest BCUT2D eigenvalue weighted by Crippen LogP contribution is -2.42. The first-order valence-corrected chi connectivity index (χ1v) is 9.79. The standard InChI is InChI=1S/C15H16BrClN4O4S/c1-20(2)26(24,25)10-4-5-12(17)11(7-10)14(22)18-19-15(23)13-6-9(16)8-21(13)3/h4-8H,1-3H3,(H,18,22)(H,19,23). The van der Waals surface area contributed by atoms with Crippen LogP contribution in [0.25, 0.3) is 0 Å². The lowest BCUT2D eigenvalue weighted by molar-refractivity contribution is 0.0842. The van der Waals surface area contributed by atoms with Gasteiger partial charge in [0, 0.05) is 31.8 Å². The minimum absolute atomic E-state index is 0.0519. The summed E-state index contributed by atoms with van der Waals surface area (Å²) < 4.78 is 27.7. The molecule has 2 aromatic rings. The van der Waals surface area contributed by atoms with E-state index < -0.39 is 21.8 Å². The lowest BCUT2D eigenvalue weighted by Gasteiger charge is -2.13. The van der Waals surface area contributed by atoms with E-state index in [0.717, 1.165) is 10.4 Å². The molecule has 0 bridgehead atoms. The minimum atomic E-state index is -3.73. The molecule has 140 valence electrons. The molecule has 0 saturated carbocycles. The van der Waals surface area contributed by atoms with Crippen LogP contribution in [0.4, 0.5) is 0 Å². The molecule has 0 fully saturated rings. The highest BCUT2D eigenvalue weighted by molar-refractivity contribution is 9.10. The van der Waals surface area contributed by atoms with Crippen LogP contribution >= 0.6 is 27.5 Å². The Kier molecular flexibility index (Phi) is 6.12. The fourth-order valence-electron chi connectivity index (χ4n) is 2.04. The Morgan fingerprint density at radius 2 is 1.77 bits per heavy atom.